The van der Waals surface area contributed by atoms with Gasteiger partial charge in [-0.3, -0.25) is 0 Å². The normalized spacial score (nSPS) is 35.8. The second-order valence-electron chi connectivity index (χ2n) is 3.96. The minimum absolute atomic E-state index is 0.262. The molecule has 0 aromatic rings. The van der Waals surface area contributed by atoms with Crippen LogP contribution in [-0.2, 0) is 0 Å². The number of likely N-dealkylation sites (tertiary alicyclic amines) is 1. The lowest BCUT2D eigenvalue weighted by Gasteiger charge is -2.35. The predicted octanol–water partition coefficient (Wildman–Crippen LogP) is -0.0299. The van der Waals surface area contributed by atoms with Gasteiger partial charge in [0.05, 0.1) is 26.2 Å². The molecule has 1 rings (SSSR count). The standard InChI is InChI=1S/C9H20NO2/c1-10(6-8-12)5-2-3-9(10)4-7-11/h9,11-12H,2-8H2,1H3/q+1. The Morgan fingerprint density at radius 3 is 2.67 bits per heavy atom. The predicted molar refractivity (Wildman–Crippen MR) is 47.7 cm³/mol. The third-order valence-electron chi connectivity index (χ3n) is 3.16. The molecule has 12 heavy (non-hydrogen) atoms. The zero-order valence-corrected chi connectivity index (χ0v) is 7.87. The number of quaternary nitrogens is 1. The second kappa shape index (κ2) is 4.21. The average Bonchev–Trinajstić information content (AvgIpc) is 2.35. The van der Waals surface area contributed by atoms with E-state index in [2.05, 4.69) is 7.05 Å². The van der Waals surface area contributed by atoms with Crippen LogP contribution in [0.1, 0.15) is 19.3 Å². The molecule has 3 nitrogen and oxygen atoms in total. The van der Waals surface area contributed by atoms with Gasteiger partial charge >= 0.3 is 0 Å². The van der Waals surface area contributed by atoms with Gasteiger partial charge in [-0.05, 0) is 0 Å². The van der Waals surface area contributed by atoms with Crippen LogP contribution in [0.15, 0.2) is 0 Å². The highest BCUT2D eigenvalue weighted by molar-refractivity contribution is 4.66. The van der Waals surface area contributed by atoms with Crippen LogP contribution in [0.4, 0.5) is 0 Å². The summed E-state index contributed by atoms with van der Waals surface area (Å²) >= 11 is 0. The Morgan fingerprint density at radius 1 is 1.33 bits per heavy atom. The monoisotopic (exact) mass is 174 g/mol. The van der Waals surface area contributed by atoms with E-state index in [0.29, 0.717) is 6.04 Å². The molecule has 72 valence electrons. The molecule has 0 amide bonds. The number of hydrogen-bond acceptors (Lipinski definition) is 2. The summed E-state index contributed by atoms with van der Waals surface area (Å²) in [5.41, 5.74) is 0. The first-order valence-electron chi connectivity index (χ1n) is 4.79. The first-order valence-corrected chi connectivity index (χ1v) is 4.79. The van der Waals surface area contributed by atoms with Gasteiger partial charge in [-0.25, -0.2) is 0 Å². The summed E-state index contributed by atoms with van der Waals surface area (Å²) in [6, 6.07) is 0.571. The van der Waals surface area contributed by atoms with Gasteiger partial charge in [0.1, 0.15) is 6.54 Å². The molecular weight excluding hydrogens is 154 g/mol. The molecule has 0 aliphatic carbocycles. The SMILES string of the molecule is C[N+]1(CCO)CCCC1CCO. The fourth-order valence-electron chi connectivity index (χ4n) is 2.31. The van der Waals surface area contributed by atoms with E-state index in [0.717, 1.165) is 24.0 Å². The van der Waals surface area contributed by atoms with E-state index in [1.54, 1.807) is 0 Å². The van der Waals surface area contributed by atoms with Crippen LogP contribution < -0.4 is 0 Å². The van der Waals surface area contributed by atoms with E-state index in [9.17, 15) is 0 Å². The molecule has 0 saturated carbocycles. The van der Waals surface area contributed by atoms with Crippen LogP contribution in [-0.4, -0.2) is 54.1 Å². The quantitative estimate of drug-likeness (QED) is 0.588. The van der Waals surface area contributed by atoms with E-state index in [4.69, 9.17) is 10.2 Å². The van der Waals surface area contributed by atoms with E-state index in [1.807, 2.05) is 0 Å². The Labute approximate surface area is 74.2 Å². The van der Waals surface area contributed by atoms with E-state index in [1.165, 1.54) is 12.8 Å². The number of hydrogen-bond donors (Lipinski definition) is 2. The van der Waals surface area contributed by atoms with Crippen molar-refractivity contribution in [3.05, 3.63) is 0 Å². The minimum Gasteiger partial charge on any atom is -0.396 e. The largest absolute Gasteiger partial charge is 0.396 e. The van der Waals surface area contributed by atoms with Gasteiger partial charge in [0.2, 0.25) is 0 Å². The van der Waals surface area contributed by atoms with Gasteiger partial charge in [-0.15, -0.1) is 0 Å². The van der Waals surface area contributed by atoms with Gasteiger partial charge in [0.25, 0.3) is 0 Å². The number of aliphatic hydroxyl groups excluding tert-OH is 2. The molecule has 1 fully saturated rings. The molecule has 2 unspecified atom stereocenters. The third-order valence-corrected chi connectivity index (χ3v) is 3.16. The number of likely N-dealkylation sites (N-methyl/N-ethyl adjacent to an activating group) is 1. The Hall–Kier alpha value is -0.120. The van der Waals surface area contributed by atoms with E-state index < -0.39 is 0 Å². The van der Waals surface area contributed by atoms with Crippen molar-refractivity contribution >= 4 is 0 Å². The van der Waals surface area contributed by atoms with Gasteiger partial charge in [-0.1, -0.05) is 0 Å². The van der Waals surface area contributed by atoms with Crippen molar-refractivity contribution in [1.29, 1.82) is 0 Å². The zero-order valence-electron chi connectivity index (χ0n) is 7.87. The van der Waals surface area contributed by atoms with Crippen molar-refractivity contribution in [1.82, 2.24) is 0 Å². The highest BCUT2D eigenvalue weighted by atomic mass is 16.3. The maximum absolute atomic E-state index is 8.90. The molecular formula is C9H20NO2+. The van der Waals surface area contributed by atoms with Crippen LogP contribution in [0, 0.1) is 0 Å². The highest BCUT2D eigenvalue weighted by Gasteiger charge is 2.36. The van der Waals surface area contributed by atoms with Crippen LogP contribution in [0.5, 0.6) is 0 Å². The van der Waals surface area contributed by atoms with Gasteiger partial charge in [0, 0.05) is 25.9 Å². The van der Waals surface area contributed by atoms with E-state index in [-0.39, 0.29) is 13.2 Å². The molecule has 1 saturated heterocycles. The fourth-order valence-corrected chi connectivity index (χ4v) is 2.31. The van der Waals surface area contributed by atoms with Crippen LogP contribution in [0.3, 0.4) is 0 Å². The molecule has 0 spiro atoms. The van der Waals surface area contributed by atoms with Crippen molar-refractivity contribution < 1.29 is 14.7 Å². The van der Waals surface area contributed by atoms with Crippen molar-refractivity contribution in [2.75, 3.05) is 33.4 Å². The van der Waals surface area contributed by atoms with Crippen LogP contribution in [0.2, 0.25) is 0 Å². The first-order chi connectivity index (χ1) is 5.73. The number of rotatable bonds is 4. The molecule has 1 aliphatic rings. The summed E-state index contributed by atoms with van der Waals surface area (Å²) in [6.45, 7) is 2.54. The number of aliphatic hydroxyl groups is 2. The first kappa shape index (κ1) is 9.96. The molecule has 1 aliphatic heterocycles. The Balaban J connectivity index is 2.48. The molecule has 1 heterocycles. The van der Waals surface area contributed by atoms with Gasteiger partial charge < -0.3 is 14.7 Å². The Bertz CT molecular complexity index is 140. The van der Waals surface area contributed by atoms with Crippen LogP contribution in [0.25, 0.3) is 0 Å². The summed E-state index contributed by atoms with van der Waals surface area (Å²) in [4.78, 5) is 0. The van der Waals surface area contributed by atoms with Crippen molar-refractivity contribution in [3.8, 4) is 0 Å². The van der Waals surface area contributed by atoms with Gasteiger partial charge in [0.15, 0.2) is 0 Å². The maximum atomic E-state index is 8.90. The lowest BCUT2D eigenvalue weighted by Crippen LogP contribution is -2.50. The van der Waals surface area contributed by atoms with Crippen molar-refractivity contribution in [2.45, 2.75) is 25.3 Å². The average molecular weight is 174 g/mol. The summed E-state index contributed by atoms with van der Waals surface area (Å²) < 4.78 is 0.955. The summed E-state index contributed by atoms with van der Waals surface area (Å²) in [5.74, 6) is 0. The molecule has 2 N–H and O–H groups in total. The molecule has 0 aromatic heterocycles. The molecule has 0 aromatic carbocycles. The summed E-state index contributed by atoms with van der Waals surface area (Å²) in [7, 11) is 2.18. The van der Waals surface area contributed by atoms with E-state index >= 15 is 0 Å². The van der Waals surface area contributed by atoms with Crippen LogP contribution >= 0.6 is 0 Å². The smallest absolute Gasteiger partial charge is 0.102 e. The fraction of sp³-hybridized carbons (Fsp3) is 1.00. The van der Waals surface area contributed by atoms with Crippen molar-refractivity contribution in [2.24, 2.45) is 0 Å². The Morgan fingerprint density at radius 2 is 2.08 bits per heavy atom. The van der Waals surface area contributed by atoms with Gasteiger partial charge in [-0.2, -0.15) is 0 Å². The highest BCUT2D eigenvalue weighted by Crippen LogP contribution is 2.26. The second-order valence-corrected chi connectivity index (χ2v) is 3.96. The maximum Gasteiger partial charge on any atom is 0.102 e. The molecule has 0 radical (unpaired) electrons. The number of nitrogens with zero attached hydrogens (tertiary/aromatic N) is 1. The van der Waals surface area contributed by atoms with Crippen molar-refractivity contribution in [3.63, 3.8) is 0 Å². The minimum atomic E-state index is 0.262. The lowest BCUT2D eigenvalue weighted by molar-refractivity contribution is -0.921. The third kappa shape index (κ3) is 1.97. The molecule has 2 atom stereocenters. The topological polar surface area (TPSA) is 40.5 Å². The molecule has 0 bridgehead atoms. The Kier molecular flexibility index (Phi) is 3.50. The zero-order chi connectivity index (χ0) is 9.03. The summed E-state index contributed by atoms with van der Waals surface area (Å²) in [5, 5.41) is 17.8. The lowest BCUT2D eigenvalue weighted by atomic mass is 10.1. The summed E-state index contributed by atoms with van der Waals surface area (Å²) in [6.07, 6.45) is 3.33. The molecule has 3 heteroatoms.